The van der Waals surface area contributed by atoms with Gasteiger partial charge >= 0.3 is 0 Å². The number of benzene rings is 3. The van der Waals surface area contributed by atoms with Gasteiger partial charge in [-0.25, -0.2) is 0 Å². The van der Waals surface area contributed by atoms with E-state index in [0.29, 0.717) is 12.8 Å². The first kappa shape index (κ1) is 22.5. The van der Waals surface area contributed by atoms with Crippen molar-refractivity contribution in [1.82, 2.24) is 5.32 Å². The van der Waals surface area contributed by atoms with E-state index in [4.69, 9.17) is 4.74 Å². The lowest BCUT2D eigenvalue weighted by atomic mass is 9.67. The van der Waals surface area contributed by atoms with Crippen molar-refractivity contribution in [3.63, 3.8) is 0 Å². The van der Waals surface area contributed by atoms with Crippen LogP contribution in [0.2, 0.25) is 0 Å². The second kappa shape index (κ2) is 9.27. The Balaban J connectivity index is 1.44. The van der Waals surface area contributed by atoms with E-state index in [1.165, 1.54) is 11.1 Å². The summed E-state index contributed by atoms with van der Waals surface area (Å²) in [5.74, 6) is 0.941. The molecule has 180 valence electrons. The fourth-order valence-electron chi connectivity index (χ4n) is 6.15. The average molecular weight is 476 g/mol. The summed E-state index contributed by atoms with van der Waals surface area (Å²) < 4.78 is 5.37. The summed E-state index contributed by atoms with van der Waals surface area (Å²) in [6.07, 6.45) is 2.44. The van der Waals surface area contributed by atoms with Crippen LogP contribution in [0.5, 0.6) is 5.75 Å². The zero-order valence-electron chi connectivity index (χ0n) is 20.4. The molecule has 6 rings (SSSR count). The number of rotatable bonds is 4. The van der Waals surface area contributed by atoms with Crippen LogP contribution in [0.4, 0.5) is 0 Å². The summed E-state index contributed by atoms with van der Waals surface area (Å²) in [4.78, 5) is 27.5. The zero-order valence-corrected chi connectivity index (χ0v) is 20.4. The molecule has 1 N–H and O–H groups in total. The predicted octanol–water partition coefficient (Wildman–Crippen LogP) is 6.18. The molecule has 4 heteroatoms. The van der Waals surface area contributed by atoms with Crippen LogP contribution in [0, 0.1) is 0 Å². The number of Topliss-reactive ketones (excluding diaryl/α,β-unsaturated/α-hetero) is 2. The molecule has 0 aromatic heterocycles. The van der Waals surface area contributed by atoms with Gasteiger partial charge in [0.25, 0.3) is 0 Å². The van der Waals surface area contributed by atoms with Crippen LogP contribution >= 0.6 is 0 Å². The molecule has 2 atom stereocenters. The maximum absolute atomic E-state index is 13.7. The van der Waals surface area contributed by atoms with Crippen LogP contribution < -0.4 is 10.1 Å². The number of carbonyl (C=O) groups is 2. The monoisotopic (exact) mass is 475 g/mol. The van der Waals surface area contributed by atoms with Crippen LogP contribution in [-0.2, 0) is 9.59 Å². The molecule has 2 aliphatic carbocycles. The fourth-order valence-corrected chi connectivity index (χ4v) is 6.15. The molecule has 0 bridgehead atoms. The van der Waals surface area contributed by atoms with E-state index in [-0.39, 0.29) is 29.3 Å². The quantitative estimate of drug-likeness (QED) is 0.489. The highest BCUT2D eigenvalue weighted by Gasteiger charge is 2.43. The molecular formula is C32H29NO3. The topological polar surface area (TPSA) is 55.4 Å². The molecule has 3 aromatic rings. The molecule has 0 fully saturated rings. The van der Waals surface area contributed by atoms with Gasteiger partial charge in [0.15, 0.2) is 11.6 Å². The summed E-state index contributed by atoms with van der Waals surface area (Å²) in [7, 11) is 1.64. The molecule has 3 aromatic carbocycles. The smallest absolute Gasteiger partial charge is 0.162 e. The highest BCUT2D eigenvalue weighted by Crippen LogP contribution is 2.49. The second-order valence-corrected chi connectivity index (χ2v) is 9.99. The van der Waals surface area contributed by atoms with E-state index in [9.17, 15) is 9.59 Å². The Morgan fingerprint density at radius 3 is 1.53 bits per heavy atom. The number of ketones is 2. The van der Waals surface area contributed by atoms with Crippen molar-refractivity contribution < 1.29 is 14.3 Å². The molecule has 36 heavy (non-hydrogen) atoms. The summed E-state index contributed by atoms with van der Waals surface area (Å²) in [6.45, 7) is 0. The maximum Gasteiger partial charge on any atom is 0.162 e. The molecule has 0 saturated heterocycles. The summed E-state index contributed by atoms with van der Waals surface area (Å²) in [6, 6.07) is 28.4. The molecule has 0 spiro atoms. The molecule has 2 unspecified atom stereocenters. The minimum Gasteiger partial charge on any atom is -0.497 e. The number of allylic oxidation sites excluding steroid dienone is 4. The van der Waals surface area contributed by atoms with E-state index in [1.807, 2.05) is 60.7 Å². The van der Waals surface area contributed by atoms with Gasteiger partial charge in [-0.2, -0.15) is 0 Å². The Bertz CT molecular complexity index is 1290. The molecular weight excluding hydrogens is 446 g/mol. The highest BCUT2D eigenvalue weighted by molar-refractivity contribution is 6.07. The average Bonchev–Trinajstić information content (AvgIpc) is 2.93. The number of hydrogen-bond donors (Lipinski definition) is 1. The summed E-state index contributed by atoms with van der Waals surface area (Å²) in [5, 5.41) is 3.63. The Hall–Kier alpha value is -3.92. The van der Waals surface area contributed by atoms with E-state index in [0.717, 1.165) is 46.7 Å². The van der Waals surface area contributed by atoms with Crippen LogP contribution in [0.15, 0.2) is 107 Å². The van der Waals surface area contributed by atoms with Gasteiger partial charge in [-0.05, 0) is 53.5 Å². The Morgan fingerprint density at radius 1 is 0.611 bits per heavy atom. The minimum absolute atomic E-state index is 0.128. The van der Waals surface area contributed by atoms with Gasteiger partial charge in [0.05, 0.1) is 7.11 Å². The van der Waals surface area contributed by atoms with Crippen molar-refractivity contribution in [3.05, 3.63) is 124 Å². The minimum atomic E-state index is -0.337. The van der Waals surface area contributed by atoms with E-state index in [2.05, 4.69) is 29.6 Å². The number of carbonyl (C=O) groups excluding carboxylic acids is 2. The van der Waals surface area contributed by atoms with Crippen molar-refractivity contribution >= 4 is 11.6 Å². The molecule has 0 saturated carbocycles. The molecule has 0 amide bonds. The first-order valence-electron chi connectivity index (χ1n) is 12.7. The molecule has 3 aliphatic rings. The Kier molecular flexibility index (Phi) is 5.80. The second-order valence-electron chi connectivity index (χ2n) is 9.99. The summed E-state index contributed by atoms with van der Waals surface area (Å²) in [5.41, 5.74) is 6.80. The molecule has 4 nitrogen and oxygen atoms in total. The third-order valence-electron chi connectivity index (χ3n) is 7.89. The number of hydrogen-bond acceptors (Lipinski definition) is 4. The molecule has 0 radical (unpaired) electrons. The summed E-state index contributed by atoms with van der Waals surface area (Å²) >= 11 is 0. The Labute approximate surface area is 211 Å². The van der Waals surface area contributed by atoms with Crippen LogP contribution in [0.25, 0.3) is 0 Å². The number of methoxy groups -OCH3 is 1. The lowest BCUT2D eigenvalue weighted by Gasteiger charge is -2.40. The van der Waals surface area contributed by atoms with E-state index < -0.39 is 0 Å². The highest BCUT2D eigenvalue weighted by atomic mass is 16.5. The largest absolute Gasteiger partial charge is 0.497 e. The Morgan fingerprint density at radius 2 is 1.08 bits per heavy atom. The van der Waals surface area contributed by atoms with Gasteiger partial charge in [0.1, 0.15) is 5.75 Å². The molecule has 1 heterocycles. The van der Waals surface area contributed by atoms with Gasteiger partial charge in [0.2, 0.25) is 0 Å². The first-order valence-corrected chi connectivity index (χ1v) is 12.7. The van der Waals surface area contributed by atoms with Gasteiger partial charge in [0, 0.05) is 41.3 Å². The van der Waals surface area contributed by atoms with Gasteiger partial charge in [-0.15, -0.1) is 0 Å². The van der Waals surface area contributed by atoms with Crippen LogP contribution in [0.3, 0.4) is 0 Å². The number of ether oxygens (including phenoxy) is 1. The van der Waals surface area contributed by atoms with Gasteiger partial charge < -0.3 is 10.1 Å². The third kappa shape index (κ3) is 3.97. The van der Waals surface area contributed by atoms with Crippen molar-refractivity contribution in [2.75, 3.05) is 7.11 Å². The maximum atomic E-state index is 13.7. The van der Waals surface area contributed by atoms with E-state index >= 15 is 0 Å². The lowest BCUT2D eigenvalue weighted by molar-refractivity contribution is -0.117. The first-order chi connectivity index (χ1) is 17.6. The zero-order chi connectivity index (χ0) is 24.6. The number of dihydropyridines is 1. The third-order valence-corrected chi connectivity index (χ3v) is 7.89. The fraction of sp³-hybridized carbons (Fsp3) is 0.250. The van der Waals surface area contributed by atoms with Crippen molar-refractivity contribution in [2.45, 2.75) is 43.4 Å². The SMILES string of the molecule is COc1ccc(C2C3=C(CC(c4ccccc4)CC3=O)NC3=C2C(=O)CC(c2ccccc2)C3)cc1. The standard InChI is InChI=1S/C32H29NO3/c1-36-25-14-12-22(13-15-25)30-31-26(16-23(18-28(31)34)20-8-4-2-5-9-20)33-27-17-24(19-29(35)32(27)30)21-10-6-3-7-11-21/h2-15,23-24,30,33H,16-19H2,1H3. The van der Waals surface area contributed by atoms with Crippen molar-refractivity contribution in [2.24, 2.45) is 0 Å². The van der Waals surface area contributed by atoms with Crippen LogP contribution in [-0.4, -0.2) is 18.7 Å². The normalized spacial score (nSPS) is 23.6. The van der Waals surface area contributed by atoms with Crippen molar-refractivity contribution in [1.29, 1.82) is 0 Å². The number of nitrogens with one attached hydrogen (secondary N) is 1. The lowest BCUT2D eigenvalue weighted by Crippen LogP contribution is -2.38. The van der Waals surface area contributed by atoms with Crippen molar-refractivity contribution in [3.8, 4) is 5.75 Å². The predicted molar refractivity (Wildman–Crippen MR) is 140 cm³/mol. The van der Waals surface area contributed by atoms with Gasteiger partial charge in [-0.1, -0.05) is 72.8 Å². The van der Waals surface area contributed by atoms with Gasteiger partial charge in [-0.3, -0.25) is 9.59 Å². The van der Waals surface area contributed by atoms with Crippen LogP contribution in [0.1, 0.15) is 60.1 Å². The molecule has 1 aliphatic heterocycles. The van der Waals surface area contributed by atoms with E-state index in [1.54, 1.807) is 7.11 Å².